The molecule has 2 aliphatic rings. The van der Waals surface area contributed by atoms with E-state index in [4.69, 9.17) is 9.15 Å². The zero-order valence-electron chi connectivity index (χ0n) is 14.5. The first-order chi connectivity index (χ1) is 12.7. The van der Waals surface area contributed by atoms with Gasteiger partial charge in [0.05, 0.1) is 25.3 Å². The van der Waals surface area contributed by atoms with Crippen molar-refractivity contribution in [2.75, 3.05) is 19.7 Å². The first-order valence-corrected chi connectivity index (χ1v) is 8.97. The molecular formula is C20H22N2O4. The van der Waals surface area contributed by atoms with Crippen LogP contribution in [0.3, 0.4) is 0 Å². The fourth-order valence-electron chi connectivity index (χ4n) is 3.60. The Balaban J connectivity index is 1.27. The molecule has 4 rings (SSSR count). The molecule has 2 amide bonds. The molecule has 0 aliphatic carbocycles. The van der Waals surface area contributed by atoms with Crippen LogP contribution >= 0.6 is 0 Å². The molecule has 1 aromatic carbocycles. The predicted molar refractivity (Wildman–Crippen MR) is 94.4 cm³/mol. The predicted octanol–water partition coefficient (Wildman–Crippen LogP) is 2.00. The standard InChI is InChI=1S/C20H22N2O4/c23-19-9-16(11-22(19)12-17-5-3-7-25-17)20(24)21-10-14-8-15-4-1-2-6-18(15)26-13-14/h1-7,14,16H,8-13H2,(H,21,24). The highest BCUT2D eigenvalue weighted by Crippen LogP contribution is 2.26. The summed E-state index contributed by atoms with van der Waals surface area (Å²) in [6.07, 6.45) is 2.74. The monoisotopic (exact) mass is 354 g/mol. The van der Waals surface area contributed by atoms with Crippen molar-refractivity contribution in [2.45, 2.75) is 19.4 Å². The lowest BCUT2D eigenvalue weighted by molar-refractivity contribution is -0.129. The summed E-state index contributed by atoms with van der Waals surface area (Å²) in [6.45, 7) is 2.03. The maximum atomic E-state index is 12.5. The normalized spacial score (nSPS) is 22.0. The number of amides is 2. The van der Waals surface area contributed by atoms with Crippen LogP contribution in [0.4, 0.5) is 0 Å². The van der Waals surface area contributed by atoms with Gasteiger partial charge in [-0.2, -0.15) is 0 Å². The molecule has 6 heteroatoms. The molecule has 0 spiro atoms. The average molecular weight is 354 g/mol. The summed E-state index contributed by atoms with van der Waals surface area (Å²) >= 11 is 0. The van der Waals surface area contributed by atoms with E-state index in [0.717, 1.165) is 17.9 Å². The van der Waals surface area contributed by atoms with Gasteiger partial charge >= 0.3 is 0 Å². The van der Waals surface area contributed by atoms with Gasteiger partial charge in [-0.05, 0) is 30.2 Å². The number of fused-ring (bicyclic) bond motifs is 1. The van der Waals surface area contributed by atoms with Crippen LogP contribution in [0.5, 0.6) is 5.75 Å². The van der Waals surface area contributed by atoms with Crippen LogP contribution in [0.15, 0.2) is 47.1 Å². The fraction of sp³-hybridized carbons (Fsp3) is 0.400. The van der Waals surface area contributed by atoms with Gasteiger partial charge in [0.15, 0.2) is 0 Å². The molecule has 1 N–H and O–H groups in total. The van der Waals surface area contributed by atoms with E-state index in [-0.39, 0.29) is 30.1 Å². The van der Waals surface area contributed by atoms with Gasteiger partial charge in [0.1, 0.15) is 11.5 Å². The van der Waals surface area contributed by atoms with Crippen molar-refractivity contribution in [3.8, 4) is 5.75 Å². The number of hydrogen-bond donors (Lipinski definition) is 1. The minimum Gasteiger partial charge on any atom is -0.493 e. The SMILES string of the molecule is O=C(NCC1COc2ccccc2C1)C1CC(=O)N(Cc2ccco2)C1. The van der Waals surface area contributed by atoms with Crippen molar-refractivity contribution in [2.24, 2.45) is 11.8 Å². The summed E-state index contributed by atoms with van der Waals surface area (Å²) in [5.74, 6) is 1.57. The topological polar surface area (TPSA) is 71.8 Å². The van der Waals surface area contributed by atoms with E-state index >= 15 is 0 Å². The Morgan fingerprint density at radius 2 is 2.08 bits per heavy atom. The minimum atomic E-state index is -0.297. The van der Waals surface area contributed by atoms with Crippen molar-refractivity contribution in [3.05, 3.63) is 54.0 Å². The van der Waals surface area contributed by atoms with Crippen molar-refractivity contribution in [1.82, 2.24) is 10.2 Å². The molecule has 6 nitrogen and oxygen atoms in total. The Hall–Kier alpha value is -2.76. The third kappa shape index (κ3) is 3.59. The third-order valence-corrected chi connectivity index (χ3v) is 5.03. The van der Waals surface area contributed by atoms with E-state index < -0.39 is 0 Å². The summed E-state index contributed by atoms with van der Waals surface area (Å²) in [5.41, 5.74) is 1.18. The van der Waals surface area contributed by atoms with Crippen molar-refractivity contribution >= 4 is 11.8 Å². The van der Waals surface area contributed by atoms with Gasteiger partial charge in [0.25, 0.3) is 0 Å². The number of nitrogens with one attached hydrogen (secondary N) is 1. The number of carbonyl (C=O) groups excluding carboxylic acids is 2. The fourth-order valence-corrected chi connectivity index (χ4v) is 3.60. The van der Waals surface area contributed by atoms with Gasteiger partial charge in [-0.15, -0.1) is 0 Å². The summed E-state index contributed by atoms with van der Waals surface area (Å²) in [6, 6.07) is 11.6. The molecule has 0 saturated carbocycles. The number of carbonyl (C=O) groups is 2. The van der Waals surface area contributed by atoms with Crippen LogP contribution in [0, 0.1) is 11.8 Å². The number of rotatable bonds is 5. The molecule has 2 unspecified atom stereocenters. The van der Waals surface area contributed by atoms with E-state index in [1.54, 1.807) is 17.2 Å². The number of para-hydroxylation sites is 1. The molecule has 2 aliphatic heterocycles. The number of ether oxygens (including phenoxy) is 1. The highest BCUT2D eigenvalue weighted by atomic mass is 16.5. The van der Waals surface area contributed by atoms with Gasteiger partial charge in [0.2, 0.25) is 11.8 Å². The summed E-state index contributed by atoms with van der Waals surface area (Å²) in [7, 11) is 0. The van der Waals surface area contributed by atoms with Crippen LogP contribution in [0.2, 0.25) is 0 Å². The Bertz CT molecular complexity index is 787. The molecule has 2 atom stereocenters. The zero-order valence-corrected chi connectivity index (χ0v) is 14.5. The average Bonchev–Trinajstić information content (AvgIpc) is 3.30. The maximum absolute atomic E-state index is 12.5. The van der Waals surface area contributed by atoms with Crippen molar-refractivity contribution in [3.63, 3.8) is 0 Å². The van der Waals surface area contributed by atoms with Gasteiger partial charge in [-0.1, -0.05) is 18.2 Å². The van der Waals surface area contributed by atoms with Gasteiger partial charge < -0.3 is 19.4 Å². The molecule has 3 heterocycles. The van der Waals surface area contributed by atoms with E-state index in [0.29, 0.717) is 26.2 Å². The Labute approximate surface area is 152 Å². The first kappa shape index (κ1) is 16.7. The number of benzene rings is 1. The lowest BCUT2D eigenvalue weighted by atomic mass is 9.96. The van der Waals surface area contributed by atoms with Gasteiger partial charge in [-0.3, -0.25) is 9.59 Å². The molecule has 1 aromatic heterocycles. The molecule has 136 valence electrons. The quantitative estimate of drug-likeness (QED) is 0.891. The van der Waals surface area contributed by atoms with E-state index in [1.807, 2.05) is 24.3 Å². The van der Waals surface area contributed by atoms with Crippen LogP contribution in [0.1, 0.15) is 17.7 Å². The number of hydrogen-bond acceptors (Lipinski definition) is 4. The molecule has 0 radical (unpaired) electrons. The minimum absolute atomic E-state index is 0.00326. The van der Waals surface area contributed by atoms with Crippen molar-refractivity contribution in [1.29, 1.82) is 0 Å². The van der Waals surface area contributed by atoms with Crippen LogP contribution in [-0.2, 0) is 22.6 Å². The Morgan fingerprint density at radius 3 is 2.92 bits per heavy atom. The first-order valence-electron chi connectivity index (χ1n) is 8.97. The molecule has 0 bridgehead atoms. The molecular weight excluding hydrogens is 332 g/mol. The lowest BCUT2D eigenvalue weighted by Crippen LogP contribution is -2.38. The smallest absolute Gasteiger partial charge is 0.225 e. The largest absolute Gasteiger partial charge is 0.493 e. The van der Waals surface area contributed by atoms with Gasteiger partial charge in [-0.25, -0.2) is 0 Å². The third-order valence-electron chi connectivity index (χ3n) is 5.03. The molecule has 2 aromatic rings. The summed E-state index contributed by atoms with van der Waals surface area (Å²) in [4.78, 5) is 26.3. The van der Waals surface area contributed by atoms with Gasteiger partial charge in [0, 0.05) is 25.4 Å². The number of furan rings is 1. The van der Waals surface area contributed by atoms with Crippen molar-refractivity contribution < 1.29 is 18.7 Å². The second-order valence-corrected chi connectivity index (χ2v) is 6.99. The maximum Gasteiger partial charge on any atom is 0.225 e. The highest BCUT2D eigenvalue weighted by molar-refractivity contribution is 5.89. The second-order valence-electron chi connectivity index (χ2n) is 6.99. The molecule has 1 fully saturated rings. The van der Waals surface area contributed by atoms with E-state index in [1.165, 1.54) is 5.56 Å². The van der Waals surface area contributed by atoms with Crippen LogP contribution in [-0.4, -0.2) is 36.4 Å². The Kier molecular flexibility index (Phi) is 4.65. The van der Waals surface area contributed by atoms with Crippen LogP contribution in [0.25, 0.3) is 0 Å². The van der Waals surface area contributed by atoms with E-state index in [2.05, 4.69) is 11.4 Å². The zero-order chi connectivity index (χ0) is 17.9. The summed E-state index contributed by atoms with van der Waals surface area (Å²) in [5, 5.41) is 3.00. The van der Waals surface area contributed by atoms with Crippen LogP contribution < -0.4 is 10.1 Å². The number of likely N-dealkylation sites (tertiary alicyclic amines) is 1. The second kappa shape index (κ2) is 7.23. The molecule has 1 saturated heterocycles. The lowest BCUT2D eigenvalue weighted by Gasteiger charge is -2.25. The Morgan fingerprint density at radius 1 is 1.19 bits per heavy atom. The highest BCUT2D eigenvalue weighted by Gasteiger charge is 2.34. The number of nitrogens with zero attached hydrogens (tertiary/aromatic N) is 1. The van der Waals surface area contributed by atoms with E-state index in [9.17, 15) is 9.59 Å². The summed E-state index contributed by atoms with van der Waals surface area (Å²) < 4.78 is 11.0. The molecule has 26 heavy (non-hydrogen) atoms.